The lowest BCUT2D eigenvalue weighted by molar-refractivity contribution is 0.709. The van der Waals surface area contributed by atoms with Crippen LogP contribution in [0.15, 0.2) is 54.9 Å². The molecular weight excluding hydrogens is 258 g/mol. The molecular formula is C18H21N3. The second-order valence-electron chi connectivity index (χ2n) is 5.61. The number of rotatable bonds is 5. The molecule has 0 fully saturated rings. The molecule has 0 saturated carbocycles. The van der Waals surface area contributed by atoms with Gasteiger partial charge in [0.2, 0.25) is 0 Å². The Morgan fingerprint density at radius 1 is 1.14 bits per heavy atom. The van der Waals surface area contributed by atoms with Crippen LogP contribution >= 0.6 is 0 Å². The molecule has 1 aromatic carbocycles. The molecule has 1 unspecified atom stereocenters. The molecule has 3 aromatic rings. The number of benzene rings is 1. The second-order valence-corrected chi connectivity index (χ2v) is 5.61. The quantitative estimate of drug-likeness (QED) is 0.779. The molecule has 21 heavy (non-hydrogen) atoms. The van der Waals surface area contributed by atoms with Crippen LogP contribution in [0.2, 0.25) is 0 Å². The van der Waals surface area contributed by atoms with Gasteiger partial charge in [-0.2, -0.15) is 0 Å². The fraction of sp³-hybridized carbons (Fsp3) is 0.278. The van der Waals surface area contributed by atoms with Crippen LogP contribution < -0.4 is 5.73 Å². The molecule has 0 amide bonds. The van der Waals surface area contributed by atoms with E-state index >= 15 is 0 Å². The Balaban J connectivity index is 1.83. The van der Waals surface area contributed by atoms with E-state index in [1.54, 1.807) is 0 Å². The van der Waals surface area contributed by atoms with Crippen molar-refractivity contribution < 1.29 is 0 Å². The lowest BCUT2D eigenvalue weighted by Crippen LogP contribution is -2.17. The van der Waals surface area contributed by atoms with Gasteiger partial charge in [-0.1, -0.05) is 18.2 Å². The van der Waals surface area contributed by atoms with E-state index in [0.717, 1.165) is 25.1 Å². The third kappa shape index (κ3) is 3.14. The SMILES string of the molecule is CC(N)Cc1cccc2c1ccn2CCc1ccccn1. The predicted molar refractivity (Wildman–Crippen MR) is 87.2 cm³/mol. The van der Waals surface area contributed by atoms with Gasteiger partial charge in [-0.3, -0.25) is 4.98 Å². The molecule has 2 heterocycles. The van der Waals surface area contributed by atoms with Crippen molar-refractivity contribution >= 4 is 10.9 Å². The maximum atomic E-state index is 5.94. The normalized spacial score (nSPS) is 12.7. The largest absolute Gasteiger partial charge is 0.347 e. The molecule has 108 valence electrons. The van der Waals surface area contributed by atoms with Gasteiger partial charge in [0, 0.05) is 48.0 Å². The number of aromatic nitrogens is 2. The summed E-state index contributed by atoms with van der Waals surface area (Å²) in [6.07, 6.45) is 5.88. The highest BCUT2D eigenvalue weighted by atomic mass is 15.0. The highest BCUT2D eigenvalue weighted by molar-refractivity contribution is 5.83. The van der Waals surface area contributed by atoms with Crippen molar-refractivity contribution in [2.75, 3.05) is 0 Å². The van der Waals surface area contributed by atoms with Gasteiger partial charge in [-0.05, 0) is 43.2 Å². The van der Waals surface area contributed by atoms with E-state index in [1.807, 2.05) is 18.3 Å². The fourth-order valence-electron chi connectivity index (χ4n) is 2.79. The topological polar surface area (TPSA) is 43.8 Å². The molecule has 0 aliphatic carbocycles. The Kier molecular flexibility index (Phi) is 4.02. The van der Waals surface area contributed by atoms with E-state index in [0.29, 0.717) is 0 Å². The van der Waals surface area contributed by atoms with Crippen LogP contribution in [-0.2, 0) is 19.4 Å². The third-order valence-electron chi connectivity index (χ3n) is 3.78. The van der Waals surface area contributed by atoms with E-state index in [2.05, 4.69) is 53.0 Å². The van der Waals surface area contributed by atoms with Crippen LogP contribution in [-0.4, -0.2) is 15.6 Å². The summed E-state index contributed by atoms with van der Waals surface area (Å²) < 4.78 is 2.30. The first kappa shape index (κ1) is 13.8. The summed E-state index contributed by atoms with van der Waals surface area (Å²) in [7, 11) is 0. The zero-order chi connectivity index (χ0) is 14.7. The molecule has 0 radical (unpaired) electrons. The summed E-state index contributed by atoms with van der Waals surface area (Å²) in [5.74, 6) is 0. The summed E-state index contributed by atoms with van der Waals surface area (Å²) in [6.45, 7) is 3.00. The minimum atomic E-state index is 0.187. The van der Waals surface area contributed by atoms with Gasteiger partial charge in [0.25, 0.3) is 0 Å². The highest BCUT2D eigenvalue weighted by Gasteiger charge is 2.07. The van der Waals surface area contributed by atoms with Gasteiger partial charge < -0.3 is 10.3 Å². The lowest BCUT2D eigenvalue weighted by atomic mass is 10.0. The highest BCUT2D eigenvalue weighted by Crippen LogP contribution is 2.21. The fourth-order valence-corrected chi connectivity index (χ4v) is 2.79. The molecule has 3 heteroatoms. The first-order valence-corrected chi connectivity index (χ1v) is 7.46. The molecule has 2 N–H and O–H groups in total. The molecule has 3 nitrogen and oxygen atoms in total. The first-order chi connectivity index (χ1) is 10.2. The summed E-state index contributed by atoms with van der Waals surface area (Å²) >= 11 is 0. The Morgan fingerprint density at radius 3 is 2.81 bits per heavy atom. The minimum absolute atomic E-state index is 0.187. The van der Waals surface area contributed by atoms with E-state index in [1.165, 1.54) is 16.5 Å². The first-order valence-electron chi connectivity index (χ1n) is 7.46. The van der Waals surface area contributed by atoms with E-state index < -0.39 is 0 Å². The van der Waals surface area contributed by atoms with Crippen LogP contribution in [0.1, 0.15) is 18.2 Å². The van der Waals surface area contributed by atoms with Crippen molar-refractivity contribution in [1.82, 2.24) is 9.55 Å². The zero-order valence-electron chi connectivity index (χ0n) is 12.4. The Bertz CT molecular complexity index is 714. The van der Waals surface area contributed by atoms with Gasteiger partial charge in [-0.15, -0.1) is 0 Å². The monoisotopic (exact) mass is 279 g/mol. The van der Waals surface area contributed by atoms with Crippen LogP contribution in [0, 0.1) is 0 Å². The number of aryl methyl sites for hydroxylation is 2. The number of hydrogen-bond donors (Lipinski definition) is 1. The molecule has 0 bridgehead atoms. The standard InChI is InChI=1S/C18H21N3/c1-14(19)13-15-5-4-7-18-17(15)9-12-21(18)11-8-16-6-2-3-10-20-16/h2-7,9-10,12,14H,8,11,13,19H2,1H3. The number of nitrogens with zero attached hydrogens (tertiary/aromatic N) is 2. The van der Waals surface area contributed by atoms with Crippen LogP contribution in [0.3, 0.4) is 0 Å². The molecule has 2 aromatic heterocycles. The van der Waals surface area contributed by atoms with E-state index in [9.17, 15) is 0 Å². The molecule has 0 aliphatic rings. The van der Waals surface area contributed by atoms with Crippen LogP contribution in [0.4, 0.5) is 0 Å². The number of nitrogens with two attached hydrogens (primary N) is 1. The zero-order valence-corrected chi connectivity index (χ0v) is 12.4. The van der Waals surface area contributed by atoms with Crippen molar-refractivity contribution in [3.8, 4) is 0 Å². The van der Waals surface area contributed by atoms with Crippen molar-refractivity contribution in [2.24, 2.45) is 5.73 Å². The molecule has 0 spiro atoms. The maximum Gasteiger partial charge on any atom is 0.0483 e. The van der Waals surface area contributed by atoms with Gasteiger partial charge in [0.05, 0.1) is 0 Å². The minimum Gasteiger partial charge on any atom is -0.347 e. The summed E-state index contributed by atoms with van der Waals surface area (Å²) in [5, 5.41) is 1.32. The Labute approximate surface area is 125 Å². The Morgan fingerprint density at radius 2 is 2.05 bits per heavy atom. The van der Waals surface area contributed by atoms with E-state index in [4.69, 9.17) is 5.73 Å². The average molecular weight is 279 g/mol. The van der Waals surface area contributed by atoms with Crippen LogP contribution in [0.5, 0.6) is 0 Å². The van der Waals surface area contributed by atoms with Crippen molar-refractivity contribution in [2.45, 2.75) is 32.4 Å². The molecule has 1 atom stereocenters. The maximum absolute atomic E-state index is 5.94. The number of fused-ring (bicyclic) bond motifs is 1. The number of hydrogen-bond acceptors (Lipinski definition) is 2. The van der Waals surface area contributed by atoms with Crippen LogP contribution in [0.25, 0.3) is 10.9 Å². The second kappa shape index (κ2) is 6.10. The van der Waals surface area contributed by atoms with Gasteiger partial charge >= 0.3 is 0 Å². The summed E-state index contributed by atoms with van der Waals surface area (Å²) in [6, 6.07) is 14.9. The molecule has 0 aliphatic heterocycles. The lowest BCUT2D eigenvalue weighted by Gasteiger charge is -2.09. The average Bonchev–Trinajstić information content (AvgIpc) is 2.90. The van der Waals surface area contributed by atoms with Gasteiger partial charge in [-0.25, -0.2) is 0 Å². The van der Waals surface area contributed by atoms with E-state index in [-0.39, 0.29) is 6.04 Å². The van der Waals surface area contributed by atoms with Gasteiger partial charge in [0.1, 0.15) is 0 Å². The Hall–Kier alpha value is -2.13. The summed E-state index contributed by atoms with van der Waals surface area (Å²) in [5.41, 5.74) is 9.69. The summed E-state index contributed by atoms with van der Waals surface area (Å²) in [4.78, 5) is 4.39. The molecule has 0 saturated heterocycles. The van der Waals surface area contributed by atoms with Crippen molar-refractivity contribution in [1.29, 1.82) is 0 Å². The number of pyridine rings is 1. The van der Waals surface area contributed by atoms with Gasteiger partial charge in [0.15, 0.2) is 0 Å². The van der Waals surface area contributed by atoms with Crippen molar-refractivity contribution in [3.63, 3.8) is 0 Å². The predicted octanol–water partition coefficient (Wildman–Crippen LogP) is 3.17. The van der Waals surface area contributed by atoms with Crippen molar-refractivity contribution in [3.05, 3.63) is 66.1 Å². The smallest absolute Gasteiger partial charge is 0.0483 e. The molecule has 3 rings (SSSR count). The third-order valence-corrected chi connectivity index (χ3v) is 3.78.